The Morgan fingerprint density at radius 3 is 3.00 bits per heavy atom. The van der Waals surface area contributed by atoms with Crippen molar-refractivity contribution in [3.8, 4) is 0 Å². The zero-order chi connectivity index (χ0) is 12.1. The molecule has 0 aliphatic carbocycles. The van der Waals surface area contributed by atoms with Crippen molar-refractivity contribution in [3.63, 3.8) is 0 Å². The molecular weight excluding hydrogens is 278 g/mol. The molecule has 4 nitrogen and oxygen atoms in total. The van der Waals surface area contributed by atoms with Crippen molar-refractivity contribution in [2.24, 2.45) is 0 Å². The van der Waals surface area contributed by atoms with Crippen LogP contribution in [-0.2, 0) is 6.54 Å². The van der Waals surface area contributed by atoms with E-state index in [1.54, 1.807) is 30.0 Å². The summed E-state index contributed by atoms with van der Waals surface area (Å²) in [5.41, 5.74) is 0. The molecule has 7 heteroatoms. The van der Waals surface area contributed by atoms with Gasteiger partial charge >= 0.3 is 0 Å². The van der Waals surface area contributed by atoms with E-state index in [1.165, 1.54) is 4.88 Å². The summed E-state index contributed by atoms with van der Waals surface area (Å²) in [5.74, 6) is 1.51. The van der Waals surface area contributed by atoms with E-state index < -0.39 is 0 Å². The van der Waals surface area contributed by atoms with Crippen LogP contribution in [0.15, 0.2) is 21.8 Å². The third kappa shape index (κ3) is 4.31. The first kappa shape index (κ1) is 12.9. The summed E-state index contributed by atoms with van der Waals surface area (Å²) in [4.78, 5) is 1.24. The summed E-state index contributed by atoms with van der Waals surface area (Å²) in [6.45, 7) is 3.53. The maximum Gasteiger partial charge on any atom is 0.276 e. The number of thiophene rings is 1. The second kappa shape index (κ2) is 6.39. The average molecular weight is 290 g/mol. The maximum atomic E-state index is 5.84. The number of aromatic nitrogens is 2. The Morgan fingerprint density at radius 1 is 1.47 bits per heavy atom. The van der Waals surface area contributed by atoms with Crippen LogP contribution in [0.5, 0.6) is 0 Å². The molecule has 0 fully saturated rings. The molecule has 0 atom stereocenters. The maximum absolute atomic E-state index is 5.84. The zero-order valence-corrected chi connectivity index (χ0v) is 11.7. The van der Waals surface area contributed by atoms with Gasteiger partial charge in [0, 0.05) is 30.6 Å². The minimum absolute atomic E-state index is 0.605. The Morgan fingerprint density at radius 2 is 2.35 bits per heavy atom. The van der Waals surface area contributed by atoms with E-state index in [2.05, 4.69) is 15.5 Å². The SMILES string of the molecule is Cc1nnc(SCCNCc2ccc(Cl)s2)o1. The fourth-order valence-corrected chi connectivity index (χ4v) is 2.96. The predicted molar refractivity (Wildman–Crippen MR) is 70.8 cm³/mol. The number of rotatable bonds is 6. The molecule has 2 aromatic rings. The first-order valence-corrected chi connectivity index (χ1v) is 7.30. The number of hydrogen-bond donors (Lipinski definition) is 1. The average Bonchev–Trinajstić information content (AvgIpc) is 2.88. The van der Waals surface area contributed by atoms with E-state index in [4.69, 9.17) is 16.0 Å². The first-order valence-electron chi connectivity index (χ1n) is 5.12. The number of nitrogens with one attached hydrogen (secondary N) is 1. The lowest BCUT2D eigenvalue weighted by Crippen LogP contribution is -2.15. The molecule has 2 rings (SSSR count). The summed E-state index contributed by atoms with van der Waals surface area (Å²) in [7, 11) is 0. The minimum atomic E-state index is 0.605. The van der Waals surface area contributed by atoms with E-state index in [-0.39, 0.29) is 0 Å². The highest BCUT2D eigenvalue weighted by atomic mass is 35.5. The Hall–Kier alpha value is -0.560. The molecule has 2 heterocycles. The second-order valence-corrected chi connectivity index (χ2v) is 6.16. The molecule has 0 aromatic carbocycles. The number of aryl methyl sites for hydroxylation is 1. The lowest BCUT2D eigenvalue weighted by atomic mass is 10.4. The molecule has 0 saturated carbocycles. The molecule has 92 valence electrons. The van der Waals surface area contributed by atoms with Crippen molar-refractivity contribution in [3.05, 3.63) is 27.2 Å². The van der Waals surface area contributed by atoms with E-state index in [1.807, 2.05) is 12.1 Å². The van der Waals surface area contributed by atoms with Gasteiger partial charge in [-0.1, -0.05) is 23.4 Å². The summed E-state index contributed by atoms with van der Waals surface area (Å²) < 4.78 is 6.08. The van der Waals surface area contributed by atoms with E-state index >= 15 is 0 Å². The highest BCUT2D eigenvalue weighted by Gasteiger charge is 2.02. The van der Waals surface area contributed by atoms with Crippen LogP contribution in [0.4, 0.5) is 0 Å². The van der Waals surface area contributed by atoms with E-state index in [0.717, 1.165) is 23.2 Å². The smallest absolute Gasteiger partial charge is 0.276 e. The van der Waals surface area contributed by atoms with Crippen molar-refractivity contribution < 1.29 is 4.42 Å². The van der Waals surface area contributed by atoms with Crippen molar-refractivity contribution >= 4 is 34.7 Å². The van der Waals surface area contributed by atoms with Crippen molar-refractivity contribution in [1.82, 2.24) is 15.5 Å². The van der Waals surface area contributed by atoms with Gasteiger partial charge in [0.05, 0.1) is 4.34 Å². The molecule has 2 aromatic heterocycles. The van der Waals surface area contributed by atoms with Gasteiger partial charge < -0.3 is 9.73 Å². The van der Waals surface area contributed by atoms with Gasteiger partial charge in [-0.25, -0.2) is 0 Å². The van der Waals surface area contributed by atoms with Crippen molar-refractivity contribution in [1.29, 1.82) is 0 Å². The van der Waals surface area contributed by atoms with Crippen LogP contribution in [0.1, 0.15) is 10.8 Å². The van der Waals surface area contributed by atoms with Crippen LogP contribution < -0.4 is 5.32 Å². The second-order valence-electron chi connectivity index (χ2n) is 3.32. The monoisotopic (exact) mass is 289 g/mol. The normalized spacial score (nSPS) is 10.9. The Balaban J connectivity index is 1.60. The molecule has 1 N–H and O–H groups in total. The van der Waals surface area contributed by atoms with Crippen LogP contribution in [0, 0.1) is 6.92 Å². The van der Waals surface area contributed by atoms with E-state index in [9.17, 15) is 0 Å². The van der Waals surface area contributed by atoms with E-state index in [0.29, 0.717) is 11.1 Å². The van der Waals surface area contributed by atoms with Gasteiger partial charge in [0.25, 0.3) is 5.22 Å². The highest BCUT2D eigenvalue weighted by molar-refractivity contribution is 7.99. The fraction of sp³-hybridized carbons (Fsp3) is 0.400. The van der Waals surface area contributed by atoms with Gasteiger partial charge in [0.1, 0.15) is 0 Å². The summed E-state index contributed by atoms with van der Waals surface area (Å²) in [5, 5.41) is 11.6. The number of hydrogen-bond acceptors (Lipinski definition) is 6. The summed E-state index contributed by atoms with van der Waals surface area (Å²) in [6, 6.07) is 3.95. The number of halogens is 1. The zero-order valence-electron chi connectivity index (χ0n) is 9.27. The van der Waals surface area contributed by atoms with Crippen LogP contribution in [-0.4, -0.2) is 22.5 Å². The summed E-state index contributed by atoms with van der Waals surface area (Å²) >= 11 is 9.00. The minimum Gasteiger partial charge on any atom is -0.416 e. The lowest BCUT2D eigenvalue weighted by molar-refractivity contribution is 0.429. The molecule has 0 unspecified atom stereocenters. The Labute approximate surface area is 113 Å². The molecule has 0 aliphatic heterocycles. The van der Waals surface area contributed by atoms with Crippen LogP contribution in [0.25, 0.3) is 0 Å². The molecule has 0 amide bonds. The fourth-order valence-electron chi connectivity index (χ4n) is 1.21. The van der Waals surface area contributed by atoms with Crippen LogP contribution in [0.2, 0.25) is 4.34 Å². The van der Waals surface area contributed by atoms with Gasteiger partial charge in [-0.2, -0.15) is 0 Å². The molecule has 0 saturated heterocycles. The molecular formula is C10H12ClN3OS2. The number of nitrogens with zero attached hydrogens (tertiary/aromatic N) is 2. The van der Waals surface area contributed by atoms with Crippen molar-refractivity contribution in [2.45, 2.75) is 18.7 Å². The molecule has 0 aliphatic rings. The number of thioether (sulfide) groups is 1. The van der Waals surface area contributed by atoms with Gasteiger partial charge in [-0.3, -0.25) is 0 Å². The standard InChI is InChI=1S/C10H12ClN3OS2/c1-7-13-14-10(15-7)16-5-4-12-6-8-2-3-9(11)17-8/h2-3,12H,4-6H2,1H3. The first-order chi connectivity index (χ1) is 8.24. The topological polar surface area (TPSA) is 51.0 Å². The molecule has 17 heavy (non-hydrogen) atoms. The Kier molecular flexibility index (Phi) is 4.85. The van der Waals surface area contributed by atoms with Gasteiger partial charge in [0.15, 0.2) is 0 Å². The van der Waals surface area contributed by atoms with Gasteiger partial charge in [-0.05, 0) is 12.1 Å². The van der Waals surface area contributed by atoms with Gasteiger partial charge in [0.2, 0.25) is 5.89 Å². The molecule has 0 spiro atoms. The van der Waals surface area contributed by atoms with Crippen LogP contribution in [0.3, 0.4) is 0 Å². The highest BCUT2D eigenvalue weighted by Crippen LogP contribution is 2.21. The van der Waals surface area contributed by atoms with Gasteiger partial charge in [-0.15, -0.1) is 21.5 Å². The third-order valence-corrected chi connectivity index (χ3v) is 3.99. The summed E-state index contributed by atoms with van der Waals surface area (Å²) in [6.07, 6.45) is 0. The molecule has 0 bridgehead atoms. The van der Waals surface area contributed by atoms with Crippen molar-refractivity contribution in [2.75, 3.05) is 12.3 Å². The quantitative estimate of drug-likeness (QED) is 0.654. The largest absolute Gasteiger partial charge is 0.416 e. The predicted octanol–water partition coefficient (Wildman–Crippen LogP) is 2.97. The third-order valence-electron chi connectivity index (χ3n) is 1.94. The Bertz CT molecular complexity index is 429. The van der Waals surface area contributed by atoms with Crippen LogP contribution >= 0.6 is 34.7 Å². The lowest BCUT2D eigenvalue weighted by Gasteiger charge is -2.00. The molecule has 0 radical (unpaired) electrons.